The molecule has 78 valence electrons. The van der Waals surface area contributed by atoms with Gasteiger partial charge in [0.15, 0.2) is 0 Å². The van der Waals surface area contributed by atoms with Gasteiger partial charge in [-0.1, -0.05) is 34.8 Å². The highest BCUT2D eigenvalue weighted by atomic mass is 35.5. The molecule has 0 saturated carbocycles. The lowest BCUT2D eigenvalue weighted by atomic mass is 10.2. The minimum absolute atomic E-state index is 0.0720. The summed E-state index contributed by atoms with van der Waals surface area (Å²) in [7, 11) is 0. The number of aryl methyl sites for hydroxylation is 1. The second-order valence-electron chi connectivity index (χ2n) is 3.14. The average molecular weight is 263 g/mol. The van der Waals surface area contributed by atoms with E-state index >= 15 is 0 Å². The molecule has 0 saturated heterocycles. The first kappa shape index (κ1) is 10.8. The number of halogens is 3. The number of aromatic hydroxyl groups is 1. The molecule has 0 aliphatic heterocycles. The van der Waals surface area contributed by atoms with E-state index in [2.05, 4.69) is 4.98 Å². The van der Waals surface area contributed by atoms with Crippen LogP contribution in [0.15, 0.2) is 12.1 Å². The van der Waals surface area contributed by atoms with Gasteiger partial charge in [0.2, 0.25) is 0 Å². The normalized spacial score (nSPS) is 10.9. The molecule has 0 aliphatic carbocycles. The van der Waals surface area contributed by atoms with Crippen LogP contribution in [0.1, 0.15) is 5.69 Å². The minimum atomic E-state index is 0.0720. The Balaban J connectivity index is 2.97. The fraction of sp³-hybridized carbons (Fsp3) is 0.100. The van der Waals surface area contributed by atoms with Gasteiger partial charge >= 0.3 is 0 Å². The van der Waals surface area contributed by atoms with Crippen LogP contribution in [0.2, 0.25) is 15.1 Å². The summed E-state index contributed by atoms with van der Waals surface area (Å²) in [4.78, 5) is 4.15. The van der Waals surface area contributed by atoms with Crippen LogP contribution >= 0.6 is 34.8 Å². The summed E-state index contributed by atoms with van der Waals surface area (Å²) < 4.78 is 0. The van der Waals surface area contributed by atoms with E-state index in [1.165, 1.54) is 12.1 Å². The summed E-state index contributed by atoms with van der Waals surface area (Å²) in [5.41, 5.74) is 1.05. The predicted octanol–water partition coefficient (Wildman–Crippen LogP) is 4.21. The fourth-order valence-corrected chi connectivity index (χ4v) is 2.03. The van der Waals surface area contributed by atoms with Gasteiger partial charge in [-0.25, -0.2) is 4.98 Å². The van der Waals surface area contributed by atoms with Crippen molar-refractivity contribution in [1.29, 1.82) is 0 Å². The van der Waals surface area contributed by atoms with Crippen LogP contribution in [0.5, 0.6) is 5.75 Å². The molecule has 0 unspecified atom stereocenters. The van der Waals surface area contributed by atoms with Gasteiger partial charge in [0.05, 0.1) is 26.3 Å². The van der Waals surface area contributed by atoms with Crippen LogP contribution in [-0.2, 0) is 0 Å². The highest BCUT2D eigenvalue weighted by Gasteiger charge is 2.11. The first-order valence-corrected chi connectivity index (χ1v) is 5.28. The largest absolute Gasteiger partial charge is 0.506 e. The zero-order chi connectivity index (χ0) is 11.2. The maximum Gasteiger partial charge on any atom is 0.137 e. The third kappa shape index (κ3) is 1.73. The van der Waals surface area contributed by atoms with E-state index in [1.807, 2.05) is 0 Å². The van der Waals surface area contributed by atoms with Crippen LogP contribution in [0.4, 0.5) is 0 Å². The van der Waals surface area contributed by atoms with Crippen LogP contribution < -0.4 is 0 Å². The first-order valence-electron chi connectivity index (χ1n) is 4.14. The molecule has 0 aliphatic rings. The number of hydrogen-bond donors (Lipinski definition) is 1. The van der Waals surface area contributed by atoms with Gasteiger partial charge in [-0.05, 0) is 19.1 Å². The Morgan fingerprint density at radius 1 is 1.13 bits per heavy atom. The minimum Gasteiger partial charge on any atom is -0.506 e. The first-order chi connectivity index (χ1) is 7.00. The Kier molecular flexibility index (Phi) is 2.67. The van der Waals surface area contributed by atoms with Crippen molar-refractivity contribution < 1.29 is 5.11 Å². The van der Waals surface area contributed by atoms with Gasteiger partial charge < -0.3 is 5.11 Å². The van der Waals surface area contributed by atoms with Crippen molar-refractivity contribution in [2.75, 3.05) is 0 Å². The summed E-state index contributed by atoms with van der Waals surface area (Å²) in [6, 6.07) is 3.05. The Morgan fingerprint density at radius 2 is 1.80 bits per heavy atom. The molecule has 2 nitrogen and oxygen atoms in total. The zero-order valence-corrected chi connectivity index (χ0v) is 9.95. The standard InChI is InChI=1S/C10H6Cl3NO/c1-4-8(15)2-5-9(13)6(11)3-7(12)10(5)14-4/h2-3,15H,1H3. The molecule has 2 aromatic rings. The smallest absolute Gasteiger partial charge is 0.137 e. The van der Waals surface area contributed by atoms with Gasteiger partial charge in [0.25, 0.3) is 0 Å². The van der Waals surface area contributed by atoms with Gasteiger partial charge in [-0.3, -0.25) is 0 Å². The topological polar surface area (TPSA) is 33.1 Å². The van der Waals surface area contributed by atoms with Crippen molar-refractivity contribution in [3.8, 4) is 5.75 Å². The molecule has 0 spiro atoms. The monoisotopic (exact) mass is 261 g/mol. The molecular formula is C10H6Cl3NO. The molecule has 5 heteroatoms. The van der Waals surface area contributed by atoms with Crippen molar-refractivity contribution >= 4 is 45.7 Å². The zero-order valence-electron chi connectivity index (χ0n) is 7.68. The van der Waals surface area contributed by atoms with Crippen molar-refractivity contribution in [3.05, 3.63) is 32.9 Å². The summed E-state index contributed by atoms with van der Waals surface area (Å²) >= 11 is 17.8. The number of benzene rings is 1. The maximum absolute atomic E-state index is 9.52. The van der Waals surface area contributed by atoms with E-state index in [1.54, 1.807) is 6.92 Å². The highest BCUT2D eigenvalue weighted by molar-refractivity contribution is 6.47. The molecular weight excluding hydrogens is 256 g/mol. The lowest BCUT2D eigenvalue weighted by molar-refractivity contribution is 0.469. The lowest BCUT2D eigenvalue weighted by Gasteiger charge is -2.06. The van der Waals surface area contributed by atoms with Crippen molar-refractivity contribution in [2.45, 2.75) is 6.92 Å². The second-order valence-corrected chi connectivity index (χ2v) is 4.34. The van der Waals surface area contributed by atoms with E-state index in [0.717, 1.165) is 0 Å². The summed E-state index contributed by atoms with van der Waals surface area (Å²) in [6.45, 7) is 1.69. The third-order valence-corrected chi connectivity index (χ3v) is 3.20. The molecule has 0 radical (unpaired) electrons. The van der Waals surface area contributed by atoms with Crippen molar-refractivity contribution in [1.82, 2.24) is 4.98 Å². The summed E-state index contributed by atoms with van der Waals surface area (Å²) in [5, 5.41) is 11.2. The van der Waals surface area contributed by atoms with E-state index in [4.69, 9.17) is 34.8 Å². The molecule has 15 heavy (non-hydrogen) atoms. The predicted molar refractivity (Wildman–Crippen MR) is 63.2 cm³/mol. The van der Waals surface area contributed by atoms with Crippen molar-refractivity contribution in [2.24, 2.45) is 0 Å². The molecule has 1 aromatic carbocycles. The van der Waals surface area contributed by atoms with Gasteiger partial charge in [0.1, 0.15) is 5.75 Å². The molecule has 0 bridgehead atoms. The van der Waals surface area contributed by atoms with Gasteiger partial charge in [-0.2, -0.15) is 0 Å². The number of hydrogen-bond acceptors (Lipinski definition) is 2. The van der Waals surface area contributed by atoms with Crippen LogP contribution in [0.25, 0.3) is 10.9 Å². The Hall–Kier alpha value is -0.700. The molecule has 1 aromatic heterocycles. The Bertz CT molecular complexity index is 554. The molecule has 0 fully saturated rings. The Morgan fingerprint density at radius 3 is 2.47 bits per heavy atom. The quantitative estimate of drug-likeness (QED) is 0.722. The maximum atomic E-state index is 9.52. The second kappa shape index (κ2) is 3.71. The van der Waals surface area contributed by atoms with Crippen LogP contribution in [0.3, 0.4) is 0 Å². The number of fused-ring (bicyclic) bond motifs is 1. The van der Waals surface area contributed by atoms with E-state index < -0.39 is 0 Å². The van der Waals surface area contributed by atoms with Gasteiger partial charge in [0, 0.05) is 5.39 Å². The highest BCUT2D eigenvalue weighted by Crippen LogP contribution is 2.36. The van der Waals surface area contributed by atoms with Crippen LogP contribution in [0, 0.1) is 6.92 Å². The molecule has 2 rings (SSSR count). The number of aromatic nitrogens is 1. The number of rotatable bonds is 0. The molecule has 0 atom stereocenters. The van der Waals surface area contributed by atoms with E-state index in [-0.39, 0.29) is 5.75 Å². The van der Waals surface area contributed by atoms with E-state index in [9.17, 15) is 5.11 Å². The van der Waals surface area contributed by atoms with E-state index in [0.29, 0.717) is 31.7 Å². The average Bonchev–Trinajstić information content (AvgIpc) is 2.18. The number of pyridine rings is 1. The van der Waals surface area contributed by atoms with Gasteiger partial charge in [-0.15, -0.1) is 0 Å². The van der Waals surface area contributed by atoms with Crippen LogP contribution in [-0.4, -0.2) is 10.1 Å². The Labute approximate surface area is 101 Å². The molecule has 1 heterocycles. The summed E-state index contributed by atoms with van der Waals surface area (Å²) in [5.74, 6) is 0.0720. The number of nitrogens with zero attached hydrogens (tertiary/aromatic N) is 1. The lowest BCUT2D eigenvalue weighted by Crippen LogP contribution is -1.87. The van der Waals surface area contributed by atoms with Crippen molar-refractivity contribution in [3.63, 3.8) is 0 Å². The third-order valence-electron chi connectivity index (χ3n) is 2.11. The summed E-state index contributed by atoms with van der Waals surface area (Å²) in [6.07, 6.45) is 0. The molecule has 1 N–H and O–H groups in total. The SMILES string of the molecule is Cc1nc2c(Cl)cc(Cl)c(Cl)c2cc1O. The molecule has 0 amide bonds. The fourth-order valence-electron chi connectivity index (χ4n) is 1.32.